The molecule has 0 fully saturated rings. The van der Waals surface area contributed by atoms with E-state index in [1.807, 2.05) is 6.07 Å². The lowest BCUT2D eigenvalue weighted by Gasteiger charge is -2.20. The maximum atomic E-state index is 5.67. The van der Waals surface area contributed by atoms with Crippen LogP contribution in [0.1, 0.15) is 11.3 Å². The van der Waals surface area contributed by atoms with Crippen molar-refractivity contribution in [1.29, 1.82) is 0 Å². The molecule has 0 amide bonds. The molecule has 0 bridgehead atoms. The molecule has 0 atom stereocenters. The van der Waals surface area contributed by atoms with Crippen LogP contribution in [0.3, 0.4) is 0 Å². The summed E-state index contributed by atoms with van der Waals surface area (Å²) in [5.74, 6) is 0. The molecule has 0 aliphatic carbocycles. The van der Waals surface area contributed by atoms with Crippen LogP contribution in [-0.4, -0.2) is 12.0 Å². The summed E-state index contributed by atoms with van der Waals surface area (Å²) in [6.07, 6.45) is 1.78. The van der Waals surface area contributed by atoms with Crippen LogP contribution >= 0.6 is 11.3 Å². The number of hydrogen-bond acceptors (Lipinski definition) is 4. The normalized spacial score (nSPS) is 10.4. The third-order valence-electron chi connectivity index (χ3n) is 2.47. The van der Waals surface area contributed by atoms with Crippen molar-refractivity contribution in [2.24, 2.45) is 5.73 Å². The van der Waals surface area contributed by atoms with Gasteiger partial charge in [-0.3, -0.25) is 4.98 Å². The van der Waals surface area contributed by atoms with E-state index < -0.39 is 0 Å². The molecular weight excluding hydrogens is 218 g/mol. The lowest BCUT2D eigenvalue weighted by Crippen LogP contribution is -2.19. The molecule has 84 valence electrons. The molecule has 0 spiro atoms. The first-order valence-electron chi connectivity index (χ1n) is 5.17. The average Bonchev–Trinajstić information content (AvgIpc) is 2.81. The maximum Gasteiger partial charge on any atom is 0.0772 e. The third kappa shape index (κ3) is 2.40. The molecule has 0 radical (unpaired) electrons. The molecule has 2 aromatic rings. The van der Waals surface area contributed by atoms with Crippen molar-refractivity contribution in [2.75, 3.05) is 11.9 Å². The molecule has 3 nitrogen and oxygen atoms in total. The zero-order chi connectivity index (χ0) is 11.4. The topological polar surface area (TPSA) is 42.2 Å². The molecule has 0 aliphatic heterocycles. The fourth-order valence-corrected chi connectivity index (χ4v) is 2.34. The second-order valence-corrected chi connectivity index (χ2v) is 4.44. The summed E-state index contributed by atoms with van der Waals surface area (Å²) in [5.41, 5.74) is 9.05. The highest BCUT2D eigenvalue weighted by molar-refractivity contribution is 7.07. The largest absolute Gasteiger partial charge is 0.369 e. The fraction of sp³-hybridized carbons (Fsp3) is 0.250. The summed E-state index contributed by atoms with van der Waals surface area (Å²) in [5, 5.41) is 4.26. The van der Waals surface area contributed by atoms with E-state index in [0.717, 1.165) is 17.9 Å². The SMILES string of the molecule is CN(Cc1ccsc1)c1cccnc1CN. The minimum atomic E-state index is 0.476. The van der Waals surface area contributed by atoms with Gasteiger partial charge in [0.05, 0.1) is 11.4 Å². The van der Waals surface area contributed by atoms with Crippen molar-refractivity contribution in [3.63, 3.8) is 0 Å². The van der Waals surface area contributed by atoms with Gasteiger partial charge in [0, 0.05) is 26.3 Å². The Morgan fingerprint density at radius 3 is 3.00 bits per heavy atom. The van der Waals surface area contributed by atoms with Crippen LogP contribution in [-0.2, 0) is 13.1 Å². The van der Waals surface area contributed by atoms with Crippen molar-refractivity contribution in [3.05, 3.63) is 46.4 Å². The molecule has 0 saturated heterocycles. The van der Waals surface area contributed by atoms with Crippen molar-refractivity contribution in [3.8, 4) is 0 Å². The molecule has 2 rings (SSSR count). The van der Waals surface area contributed by atoms with Gasteiger partial charge in [-0.2, -0.15) is 11.3 Å². The Morgan fingerprint density at radius 1 is 1.44 bits per heavy atom. The minimum absolute atomic E-state index is 0.476. The van der Waals surface area contributed by atoms with Crippen molar-refractivity contribution < 1.29 is 0 Å². The highest BCUT2D eigenvalue weighted by Crippen LogP contribution is 2.19. The van der Waals surface area contributed by atoms with Crippen LogP contribution < -0.4 is 10.6 Å². The first-order chi connectivity index (χ1) is 7.81. The number of thiophene rings is 1. The van der Waals surface area contributed by atoms with E-state index in [4.69, 9.17) is 5.73 Å². The van der Waals surface area contributed by atoms with E-state index in [-0.39, 0.29) is 0 Å². The zero-order valence-corrected chi connectivity index (χ0v) is 10.1. The molecule has 0 unspecified atom stereocenters. The summed E-state index contributed by atoms with van der Waals surface area (Å²) in [7, 11) is 2.06. The molecule has 16 heavy (non-hydrogen) atoms. The first-order valence-corrected chi connectivity index (χ1v) is 6.11. The van der Waals surface area contributed by atoms with Gasteiger partial charge in [0.25, 0.3) is 0 Å². The Kier molecular flexibility index (Phi) is 3.54. The van der Waals surface area contributed by atoms with Gasteiger partial charge in [0.15, 0.2) is 0 Å². The van der Waals surface area contributed by atoms with Crippen LogP contribution in [0.5, 0.6) is 0 Å². The number of anilines is 1. The standard InChI is InChI=1S/C12H15N3S/c1-15(8-10-4-6-16-9-10)12-3-2-5-14-11(12)7-13/h2-6,9H,7-8,13H2,1H3. The predicted octanol–water partition coefficient (Wildman–Crippen LogP) is 2.24. The second-order valence-electron chi connectivity index (χ2n) is 3.66. The quantitative estimate of drug-likeness (QED) is 0.880. The lowest BCUT2D eigenvalue weighted by molar-refractivity contribution is 0.886. The zero-order valence-electron chi connectivity index (χ0n) is 9.26. The highest BCUT2D eigenvalue weighted by Gasteiger charge is 2.07. The van der Waals surface area contributed by atoms with Gasteiger partial charge in [-0.1, -0.05) is 0 Å². The Hall–Kier alpha value is -1.39. The Labute approximate surface area is 99.5 Å². The molecule has 0 aromatic carbocycles. The smallest absolute Gasteiger partial charge is 0.0772 e. The summed E-state index contributed by atoms with van der Waals surface area (Å²) in [6.45, 7) is 1.37. The monoisotopic (exact) mass is 233 g/mol. The first kappa shape index (κ1) is 11.1. The van der Waals surface area contributed by atoms with E-state index >= 15 is 0 Å². The Morgan fingerprint density at radius 2 is 2.31 bits per heavy atom. The minimum Gasteiger partial charge on any atom is -0.369 e. The van der Waals surface area contributed by atoms with Gasteiger partial charge in [0.2, 0.25) is 0 Å². The number of nitrogens with zero attached hydrogens (tertiary/aromatic N) is 2. The molecule has 2 aromatic heterocycles. The highest BCUT2D eigenvalue weighted by atomic mass is 32.1. The fourth-order valence-electron chi connectivity index (χ4n) is 1.68. The van der Waals surface area contributed by atoms with E-state index in [2.05, 4.69) is 39.8 Å². The lowest BCUT2D eigenvalue weighted by atomic mass is 10.2. The number of nitrogens with two attached hydrogens (primary N) is 1. The maximum absolute atomic E-state index is 5.67. The van der Waals surface area contributed by atoms with Crippen LogP contribution in [0.4, 0.5) is 5.69 Å². The van der Waals surface area contributed by atoms with Crippen LogP contribution in [0.25, 0.3) is 0 Å². The average molecular weight is 233 g/mol. The second kappa shape index (κ2) is 5.09. The molecule has 4 heteroatoms. The van der Waals surface area contributed by atoms with Gasteiger partial charge >= 0.3 is 0 Å². The molecule has 2 heterocycles. The van der Waals surface area contributed by atoms with Gasteiger partial charge in [0.1, 0.15) is 0 Å². The predicted molar refractivity (Wildman–Crippen MR) is 68.6 cm³/mol. The Balaban J connectivity index is 2.17. The molecule has 0 saturated carbocycles. The number of aromatic nitrogens is 1. The van der Waals surface area contributed by atoms with Crippen LogP contribution in [0, 0.1) is 0 Å². The van der Waals surface area contributed by atoms with Crippen molar-refractivity contribution in [2.45, 2.75) is 13.1 Å². The molecule has 2 N–H and O–H groups in total. The summed E-state index contributed by atoms with van der Waals surface area (Å²) >= 11 is 1.72. The number of pyridine rings is 1. The van der Waals surface area contributed by atoms with E-state index in [9.17, 15) is 0 Å². The summed E-state index contributed by atoms with van der Waals surface area (Å²) in [6, 6.07) is 6.14. The van der Waals surface area contributed by atoms with Crippen molar-refractivity contribution in [1.82, 2.24) is 4.98 Å². The van der Waals surface area contributed by atoms with Crippen molar-refractivity contribution >= 4 is 17.0 Å². The Bertz CT molecular complexity index is 439. The summed E-state index contributed by atoms with van der Waals surface area (Å²) < 4.78 is 0. The molecular formula is C12H15N3S. The van der Waals surface area contributed by atoms with Gasteiger partial charge in [-0.15, -0.1) is 0 Å². The number of hydrogen-bond donors (Lipinski definition) is 1. The van der Waals surface area contributed by atoms with Gasteiger partial charge in [-0.25, -0.2) is 0 Å². The van der Waals surface area contributed by atoms with Gasteiger partial charge < -0.3 is 10.6 Å². The van der Waals surface area contributed by atoms with Gasteiger partial charge in [-0.05, 0) is 34.5 Å². The van der Waals surface area contributed by atoms with E-state index in [0.29, 0.717) is 6.54 Å². The molecule has 0 aliphatic rings. The summed E-state index contributed by atoms with van der Waals surface area (Å²) in [4.78, 5) is 6.46. The number of rotatable bonds is 4. The third-order valence-corrected chi connectivity index (χ3v) is 3.20. The van der Waals surface area contributed by atoms with Crippen LogP contribution in [0.15, 0.2) is 35.2 Å². The van der Waals surface area contributed by atoms with E-state index in [1.54, 1.807) is 17.5 Å². The van der Waals surface area contributed by atoms with Crippen LogP contribution in [0.2, 0.25) is 0 Å². The van der Waals surface area contributed by atoms with E-state index in [1.165, 1.54) is 5.56 Å².